The van der Waals surface area contributed by atoms with E-state index in [9.17, 15) is 39.5 Å². The van der Waals surface area contributed by atoms with Gasteiger partial charge in [0.1, 0.15) is 0 Å². The van der Waals surface area contributed by atoms with E-state index in [2.05, 4.69) is 0 Å². The molecule has 0 radical (unpaired) electrons. The molecule has 1 aromatic carbocycles. The molecule has 0 N–H and O–H groups in total. The van der Waals surface area contributed by atoms with Crippen molar-refractivity contribution in [2.75, 3.05) is 0 Å². The van der Waals surface area contributed by atoms with Crippen LogP contribution in [0.15, 0.2) is 53.9 Å². The predicted octanol–water partition coefficient (Wildman–Crippen LogP) is 8.07. The van der Waals surface area contributed by atoms with Gasteiger partial charge in [-0.05, 0) is 29.1 Å². The maximum atomic E-state index is 14.0. The van der Waals surface area contributed by atoms with Crippen LogP contribution >= 0.6 is 22.7 Å². The lowest BCUT2D eigenvalue weighted by molar-refractivity contribution is -0.399. The van der Waals surface area contributed by atoms with E-state index < -0.39 is 29.5 Å². The lowest BCUT2D eigenvalue weighted by Crippen LogP contribution is -2.59. The minimum Gasteiger partial charge on any atom is -0.194 e. The van der Waals surface area contributed by atoms with Crippen molar-refractivity contribution in [3.8, 4) is 20.2 Å². The molecule has 0 saturated heterocycles. The van der Waals surface area contributed by atoms with Gasteiger partial charge in [0.2, 0.25) is 0 Å². The van der Waals surface area contributed by atoms with E-state index >= 15 is 0 Å². The maximum absolute atomic E-state index is 14.0. The summed E-state index contributed by atoms with van der Waals surface area (Å²) < 4.78 is 118. The van der Waals surface area contributed by atoms with Crippen LogP contribution in [0.2, 0.25) is 0 Å². The van der Waals surface area contributed by atoms with E-state index in [0.29, 0.717) is 22.6 Å². The Morgan fingerprint density at radius 3 is 1.69 bits per heavy atom. The second-order valence-electron chi connectivity index (χ2n) is 5.94. The van der Waals surface area contributed by atoms with Gasteiger partial charge in [-0.15, -0.1) is 22.7 Å². The smallest absolute Gasteiger partial charge is 0.194 e. The second kappa shape index (κ2) is 7.05. The zero-order valence-electron chi connectivity index (χ0n) is 13.9. The first kappa shape index (κ1) is 21.7. The average Bonchev–Trinajstić information content (AvgIpc) is 3.32. The van der Waals surface area contributed by atoms with Crippen molar-refractivity contribution in [3.63, 3.8) is 0 Å². The second-order valence-corrected chi connectivity index (χ2v) is 7.97. The van der Waals surface area contributed by atoms with Gasteiger partial charge >= 0.3 is 23.9 Å². The first-order valence-corrected chi connectivity index (χ1v) is 9.43. The molecular formula is C18H9F9S2. The van der Waals surface area contributed by atoms with E-state index in [1.807, 2.05) is 17.5 Å². The topological polar surface area (TPSA) is 0 Å². The molecular weight excluding hydrogens is 451 g/mol. The normalized spacial score (nSPS) is 13.7. The van der Waals surface area contributed by atoms with E-state index in [1.165, 1.54) is 22.7 Å². The molecule has 11 heteroatoms. The summed E-state index contributed by atoms with van der Waals surface area (Å²) >= 11 is 2.74. The highest BCUT2D eigenvalue weighted by molar-refractivity contribution is 7.23. The highest BCUT2D eigenvalue weighted by Crippen LogP contribution is 2.56. The summed E-state index contributed by atoms with van der Waals surface area (Å²) in [6.07, 6.45) is -6.84. The largest absolute Gasteiger partial charge is 0.460 e. The molecule has 156 valence electrons. The van der Waals surface area contributed by atoms with E-state index in [1.54, 1.807) is 12.1 Å². The standard InChI is InChI=1S/C18H9F9S2/c19-15(20,16(21,22)17(23,24)18(25,26)27)11-5-3-10(4-6-11)12-7-8-14(29-12)13-2-1-9-28-13/h1-9H. The molecule has 0 fully saturated rings. The average molecular weight is 460 g/mol. The van der Waals surface area contributed by atoms with Gasteiger partial charge in [-0.25, -0.2) is 0 Å². The lowest BCUT2D eigenvalue weighted by Gasteiger charge is -2.33. The van der Waals surface area contributed by atoms with E-state index in [4.69, 9.17) is 0 Å². The number of hydrogen-bond acceptors (Lipinski definition) is 2. The summed E-state index contributed by atoms with van der Waals surface area (Å²) in [5.74, 6) is -19.3. The van der Waals surface area contributed by atoms with Crippen LogP contribution in [0.3, 0.4) is 0 Å². The van der Waals surface area contributed by atoms with Crippen LogP contribution in [0.5, 0.6) is 0 Å². The fourth-order valence-electron chi connectivity index (χ4n) is 2.44. The minimum absolute atomic E-state index is 0.322. The third-order valence-electron chi connectivity index (χ3n) is 4.05. The number of hydrogen-bond donors (Lipinski definition) is 0. The number of benzene rings is 1. The maximum Gasteiger partial charge on any atom is 0.460 e. The van der Waals surface area contributed by atoms with Crippen molar-refractivity contribution >= 4 is 22.7 Å². The van der Waals surface area contributed by atoms with Crippen molar-refractivity contribution < 1.29 is 39.5 Å². The van der Waals surface area contributed by atoms with Crippen LogP contribution in [-0.4, -0.2) is 18.0 Å². The summed E-state index contributed by atoms with van der Waals surface area (Å²) in [6, 6.07) is 9.86. The fourth-order valence-corrected chi connectivity index (χ4v) is 4.29. The predicted molar refractivity (Wildman–Crippen MR) is 92.9 cm³/mol. The highest BCUT2D eigenvalue weighted by atomic mass is 32.1. The molecule has 3 aromatic rings. The van der Waals surface area contributed by atoms with Crippen LogP contribution < -0.4 is 0 Å². The van der Waals surface area contributed by atoms with Crippen LogP contribution in [-0.2, 0) is 5.92 Å². The van der Waals surface area contributed by atoms with Crippen molar-refractivity contribution in [3.05, 3.63) is 59.5 Å². The SMILES string of the molecule is FC(F)(F)C(F)(F)C(F)(F)C(F)(F)c1ccc(-c2ccc(-c3cccs3)s2)cc1. The first-order valence-electron chi connectivity index (χ1n) is 7.74. The zero-order valence-corrected chi connectivity index (χ0v) is 15.5. The number of rotatable bonds is 5. The molecule has 0 spiro atoms. The quantitative estimate of drug-likeness (QED) is 0.338. The van der Waals surface area contributed by atoms with Gasteiger partial charge in [0, 0.05) is 20.2 Å². The van der Waals surface area contributed by atoms with Gasteiger partial charge in [-0.3, -0.25) is 0 Å². The summed E-state index contributed by atoms with van der Waals surface area (Å²) in [5, 5.41) is 1.85. The Bertz CT molecular complexity index is 968. The molecule has 0 aliphatic rings. The third kappa shape index (κ3) is 3.54. The Morgan fingerprint density at radius 2 is 1.17 bits per heavy atom. The van der Waals surface area contributed by atoms with Gasteiger partial charge in [0.05, 0.1) is 0 Å². The zero-order chi connectivity index (χ0) is 21.7. The van der Waals surface area contributed by atoms with Crippen LogP contribution in [0.4, 0.5) is 39.5 Å². The van der Waals surface area contributed by atoms with Crippen LogP contribution in [0.25, 0.3) is 20.2 Å². The minimum atomic E-state index is -6.91. The molecule has 0 aliphatic heterocycles. The van der Waals surface area contributed by atoms with Gasteiger partial charge in [-0.1, -0.05) is 30.3 Å². The van der Waals surface area contributed by atoms with Crippen molar-refractivity contribution in [1.29, 1.82) is 0 Å². The highest BCUT2D eigenvalue weighted by Gasteiger charge is 2.81. The molecule has 3 rings (SSSR count). The molecule has 0 nitrogen and oxygen atoms in total. The molecule has 29 heavy (non-hydrogen) atoms. The number of alkyl halides is 9. The summed E-state index contributed by atoms with van der Waals surface area (Å²) in [6.45, 7) is 0. The summed E-state index contributed by atoms with van der Waals surface area (Å²) in [4.78, 5) is 2.38. The fraction of sp³-hybridized carbons (Fsp3) is 0.222. The molecule has 0 bridgehead atoms. The van der Waals surface area contributed by atoms with Crippen LogP contribution in [0.1, 0.15) is 5.56 Å². The Kier molecular flexibility index (Phi) is 5.27. The van der Waals surface area contributed by atoms with E-state index in [0.717, 1.165) is 21.9 Å². The molecule has 0 aliphatic carbocycles. The lowest BCUT2D eigenvalue weighted by atomic mass is 9.96. The Balaban J connectivity index is 1.91. The van der Waals surface area contributed by atoms with Crippen LogP contribution in [0, 0.1) is 0 Å². The Hall–Kier alpha value is -2.01. The molecule has 2 aromatic heterocycles. The third-order valence-corrected chi connectivity index (χ3v) is 6.25. The van der Waals surface area contributed by atoms with Crippen molar-refractivity contribution in [2.24, 2.45) is 0 Å². The molecule has 2 heterocycles. The molecule has 0 atom stereocenters. The van der Waals surface area contributed by atoms with E-state index in [-0.39, 0.29) is 0 Å². The number of thiophene rings is 2. The van der Waals surface area contributed by atoms with Gasteiger partial charge in [-0.2, -0.15) is 39.5 Å². The van der Waals surface area contributed by atoms with Gasteiger partial charge in [0.15, 0.2) is 0 Å². The first-order chi connectivity index (χ1) is 13.3. The summed E-state index contributed by atoms with van der Waals surface area (Å²) in [5.41, 5.74) is -1.33. The van der Waals surface area contributed by atoms with Gasteiger partial charge in [0.25, 0.3) is 0 Å². The molecule has 0 amide bonds. The molecule has 0 saturated carbocycles. The Morgan fingerprint density at radius 1 is 0.586 bits per heavy atom. The number of halogens is 9. The monoisotopic (exact) mass is 460 g/mol. The van der Waals surface area contributed by atoms with Gasteiger partial charge < -0.3 is 0 Å². The molecule has 0 unspecified atom stereocenters. The van der Waals surface area contributed by atoms with Crippen molar-refractivity contribution in [2.45, 2.75) is 23.9 Å². The van der Waals surface area contributed by atoms with Crippen molar-refractivity contribution in [1.82, 2.24) is 0 Å². The Labute approximate surface area is 166 Å². The summed E-state index contributed by atoms with van der Waals surface area (Å²) in [7, 11) is 0.